The van der Waals surface area contributed by atoms with Crippen LogP contribution in [0.25, 0.3) is 0 Å². The van der Waals surface area contributed by atoms with Gasteiger partial charge in [0.2, 0.25) is 0 Å². The molecule has 90 valence electrons. The Labute approximate surface area is 95.2 Å². The number of nitrogens with one attached hydrogen (secondary N) is 1. The molecule has 1 N–H and O–H groups in total. The number of aromatic nitrogens is 2. The Kier molecular flexibility index (Phi) is 3.32. The predicted molar refractivity (Wildman–Crippen MR) is 55.3 cm³/mol. The van der Waals surface area contributed by atoms with Crippen molar-refractivity contribution in [1.29, 1.82) is 0 Å². The Hall–Kier alpha value is -0.850. The van der Waals surface area contributed by atoms with Crippen molar-refractivity contribution in [3.63, 3.8) is 0 Å². The molecule has 0 amide bonds. The molecule has 1 saturated carbocycles. The molecule has 0 bridgehead atoms. The summed E-state index contributed by atoms with van der Waals surface area (Å²) in [6.07, 6.45) is -0.712. The number of hydrogen-bond donors (Lipinski definition) is 1. The number of anilines is 1. The molecule has 1 heterocycles. The zero-order valence-electron chi connectivity index (χ0n) is 8.50. The minimum absolute atomic E-state index is 0.109. The summed E-state index contributed by atoms with van der Waals surface area (Å²) in [5.74, 6) is -1.17. The summed E-state index contributed by atoms with van der Waals surface area (Å²) in [5.41, 5.74) is 0. The minimum atomic E-state index is -4.06. The maximum atomic E-state index is 12.5. The van der Waals surface area contributed by atoms with E-state index < -0.39 is 12.1 Å². The fraction of sp³-hybridized carbons (Fsp3) is 0.778. The van der Waals surface area contributed by atoms with Crippen molar-refractivity contribution in [2.24, 2.45) is 5.92 Å². The van der Waals surface area contributed by atoms with Gasteiger partial charge in [-0.2, -0.15) is 13.2 Å². The quantitative estimate of drug-likeness (QED) is 0.877. The van der Waals surface area contributed by atoms with Crippen LogP contribution in [0.5, 0.6) is 0 Å². The third kappa shape index (κ3) is 2.84. The van der Waals surface area contributed by atoms with Crippen LogP contribution >= 0.6 is 11.5 Å². The lowest BCUT2D eigenvalue weighted by Crippen LogP contribution is -2.34. The van der Waals surface area contributed by atoms with E-state index in [1.54, 1.807) is 6.20 Å². The topological polar surface area (TPSA) is 37.8 Å². The molecule has 2 unspecified atom stereocenters. The van der Waals surface area contributed by atoms with E-state index in [0.717, 1.165) is 11.4 Å². The van der Waals surface area contributed by atoms with Gasteiger partial charge in [0.15, 0.2) is 0 Å². The second-order valence-electron chi connectivity index (χ2n) is 4.03. The van der Waals surface area contributed by atoms with Crippen LogP contribution in [0.3, 0.4) is 0 Å². The van der Waals surface area contributed by atoms with E-state index in [1.807, 2.05) is 0 Å². The fourth-order valence-corrected chi connectivity index (χ4v) is 2.55. The first-order chi connectivity index (χ1) is 7.55. The maximum Gasteiger partial charge on any atom is 0.391 e. The van der Waals surface area contributed by atoms with Crippen LogP contribution in [0, 0.1) is 5.92 Å². The summed E-state index contributed by atoms with van der Waals surface area (Å²) in [5, 5.41) is 7.44. The van der Waals surface area contributed by atoms with Gasteiger partial charge in [-0.05, 0) is 19.3 Å². The number of halogens is 3. The second kappa shape index (κ2) is 4.57. The van der Waals surface area contributed by atoms with E-state index in [2.05, 4.69) is 14.9 Å². The Morgan fingerprint density at radius 2 is 2.19 bits per heavy atom. The largest absolute Gasteiger partial charge is 0.391 e. The normalized spacial score (nSPS) is 26.7. The molecule has 1 aliphatic carbocycles. The molecule has 0 aromatic carbocycles. The van der Waals surface area contributed by atoms with Gasteiger partial charge in [0, 0.05) is 17.6 Å². The van der Waals surface area contributed by atoms with Crippen LogP contribution in [-0.2, 0) is 0 Å². The van der Waals surface area contributed by atoms with E-state index in [9.17, 15) is 13.2 Å². The Balaban J connectivity index is 1.92. The van der Waals surface area contributed by atoms with Crippen LogP contribution in [0.15, 0.2) is 6.20 Å². The van der Waals surface area contributed by atoms with Gasteiger partial charge in [-0.3, -0.25) is 0 Å². The highest BCUT2D eigenvalue weighted by atomic mass is 32.1. The van der Waals surface area contributed by atoms with E-state index in [1.165, 1.54) is 11.5 Å². The smallest absolute Gasteiger partial charge is 0.372 e. The van der Waals surface area contributed by atoms with Crippen molar-refractivity contribution < 1.29 is 13.2 Å². The monoisotopic (exact) mass is 251 g/mol. The van der Waals surface area contributed by atoms with Crippen molar-refractivity contribution in [3.05, 3.63) is 6.20 Å². The molecule has 3 nitrogen and oxygen atoms in total. The van der Waals surface area contributed by atoms with Crippen LogP contribution in [0.2, 0.25) is 0 Å². The molecule has 0 aliphatic heterocycles. The number of hydrogen-bond acceptors (Lipinski definition) is 4. The highest BCUT2D eigenvalue weighted by Gasteiger charge is 2.42. The molecule has 0 saturated heterocycles. The minimum Gasteiger partial charge on any atom is -0.372 e. The second-order valence-corrected chi connectivity index (χ2v) is 4.81. The molecule has 2 atom stereocenters. The van der Waals surface area contributed by atoms with Gasteiger partial charge in [-0.15, -0.1) is 5.10 Å². The van der Waals surface area contributed by atoms with Crippen LogP contribution in [0.4, 0.5) is 18.2 Å². The number of rotatable bonds is 2. The molecule has 7 heteroatoms. The number of nitrogens with zero attached hydrogens (tertiary/aromatic N) is 2. The van der Waals surface area contributed by atoms with E-state index in [4.69, 9.17) is 0 Å². The molecule has 1 aliphatic rings. The lowest BCUT2D eigenvalue weighted by atomic mass is 9.85. The van der Waals surface area contributed by atoms with Gasteiger partial charge in [0.05, 0.1) is 12.1 Å². The highest BCUT2D eigenvalue weighted by Crippen LogP contribution is 2.38. The lowest BCUT2D eigenvalue weighted by Gasteiger charge is -2.30. The standard InChI is InChI=1S/C9H12F3N3S/c10-9(11,12)6-2-1-3-7(4-6)14-8-5-13-15-16-8/h5-7,14H,1-4H2. The van der Waals surface area contributed by atoms with Crippen LogP contribution in [0.1, 0.15) is 25.7 Å². The van der Waals surface area contributed by atoms with Crippen molar-refractivity contribution in [1.82, 2.24) is 9.59 Å². The summed E-state index contributed by atoms with van der Waals surface area (Å²) in [6, 6.07) is -0.109. The molecule has 16 heavy (non-hydrogen) atoms. The van der Waals surface area contributed by atoms with Gasteiger partial charge in [0.25, 0.3) is 0 Å². The SMILES string of the molecule is FC(F)(F)C1CCCC(Nc2cnns2)C1. The van der Waals surface area contributed by atoms with E-state index in [0.29, 0.717) is 6.42 Å². The highest BCUT2D eigenvalue weighted by molar-refractivity contribution is 7.09. The third-order valence-corrected chi connectivity index (χ3v) is 3.44. The van der Waals surface area contributed by atoms with Crippen LogP contribution < -0.4 is 5.32 Å². The van der Waals surface area contributed by atoms with Crippen LogP contribution in [-0.4, -0.2) is 21.8 Å². The van der Waals surface area contributed by atoms with Gasteiger partial charge in [-0.25, -0.2) is 0 Å². The molecule has 1 aromatic rings. The zero-order valence-corrected chi connectivity index (χ0v) is 9.31. The predicted octanol–water partition coefficient (Wildman–Crippen LogP) is 3.07. The van der Waals surface area contributed by atoms with Gasteiger partial charge in [0.1, 0.15) is 5.00 Å². The molecule has 1 fully saturated rings. The molecule has 0 spiro atoms. The van der Waals surface area contributed by atoms with Crippen molar-refractivity contribution in [3.8, 4) is 0 Å². The van der Waals surface area contributed by atoms with Crippen molar-refractivity contribution in [2.45, 2.75) is 37.9 Å². The average molecular weight is 251 g/mol. The molecule has 0 radical (unpaired) electrons. The first-order valence-electron chi connectivity index (χ1n) is 5.16. The maximum absolute atomic E-state index is 12.5. The number of alkyl halides is 3. The summed E-state index contributed by atoms with van der Waals surface area (Å²) in [7, 11) is 0. The van der Waals surface area contributed by atoms with Gasteiger partial charge >= 0.3 is 6.18 Å². The third-order valence-electron chi connectivity index (χ3n) is 2.84. The first-order valence-corrected chi connectivity index (χ1v) is 5.93. The van der Waals surface area contributed by atoms with Gasteiger partial charge in [-0.1, -0.05) is 10.9 Å². The van der Waals surface area contributed by atoms with E-state index in [-0.39, 0.29) is 18.9 Å². The van der Waals surface area contributed by atoms with E-state index >= 15 is 0 Å². The molecule has 1 aromatic heterocycles. The molecular formula is C9H12F3N3S. The first kappa shape index (κ1) is 11.6. The summed E-state index contributed by atoms with van der Waals surface area (Å²) < 4.78 is 41.3. The zero-order chi connectivity index (χ0) is 11.6. The summed E-state index contributed by atoms with van der Waals surface area (Å²) in [4.78, 5) is 0. The molecule has 2 rings (SSSR count). The Morgan fingerprint density at radius 3 is 2.81 bits per heavy atom. The Morgan fingerprint density at radius 1 is 1.38 bits per heavy atom. The summed E-state index contributed by atoms with van der Waals surface area (Å²) in [6.45, 7) is 0. The Bertz CT molecular complexity index is 325. The van der Waals surface area contributed by atoms with Gasteiger partial charge < -0.3 is 5.32 Å². The fourth-order valence-electron chi connectivity index (χ4n) is 2.05. The average Bonchev–Trinajstić information content (AvgIpc) is 2.70. The van der Waals surface area contributed by atoms with Crippen molar-refractivity contribution >= 4 is 16.5 Å². The summed E-state index contributed by atoms with van der Waals surface area (Å²) >= 11 is 1.17. The van der Waals surface area contributed by atoms with Crippen molar-refractivity contribution in [2.75, 3.05) is 5.32 Å². The molecular weight excluding hydrogens is 239 g/mol. The lowest BCUT2D eigenvalue weighted by molar-refractivity contribution is -0.182.